The lowest BCUT2D eigenvalue weighted by molar-refractivity contribution is -0.142. The Bertz CT molecular complexity index is 639. The molecule has 7 heteroatoms. The number of aromatic nitrogens is 2. The molecule has 0 bridgehead atoms. The molecule has 0 aliphatic carbocycles. The number of fused-ring (bicyclic) bond motifs is 1. The minimum atomic E-state index is -1.21. The number of nitrogens with one attached hydrogen (secondary N) is 1. The first-order valence-electron chi connectivity index (χ1n) is 6.70. The third kappa shape index (κ3) is 3.89. The molecule has 2 rings (SSSR count). The molecule has 2 aromatic rings. The van der Waals surface area contributed by atoms with Crippen LogP contribution in [-0.2, 0) is 4.79 Å². The molecule has 1 atom stereocenters. The third-order valence-corrected chi connectivity index (χ3v) is 3.97. The van der Waals surface area contributed by atoms with E-state index in [1.54, 1.807) is 0 Å². The molecule has 0 aliphatic rings. The van der Waals surface area contributed by atoms with Gasteiger partial charge in [0.25, 0.3) is 0 Å². The Hall–Kier alpha value is -1.73. The van der Waals surface area contributed by atoms with Gasteiger partial charge in [-0.2, -0.15) is 0 Å². The number of rotatable bonds is 7. The van der Waals surface area contributed by atoms with Gasteiger partial charge in [-0.3, -0.25) is 4.79 Å². The molecule has 6 nitrogen and oxygen atoms in total. The second kappa shape index (κ2) is 6.36. The van der Waals surface area contributed by atoms with Crippen LogP contribution < -0.4 is 10.5 Å². The number of hydrogen-bond donors (Lipinski definition) is 3. The van der Waals surface area contributed by atoms with E-state index >= 15 is 0 Å². The highest BCUT2D eigenvalue weighted by Gasteiger charge is 2.27. The largest absolute Gasteiger partial charge is 0.494 e. The standard InChI is InChI=1S/C14H19N3O3S/c1-3-20-9-4-5-10-11(8-9)17-13(16-10)21-7-6-14(2,15)12(18)19/h4-5,8H,3,6-7,15H2,1-2H3,(H,16,17)(H,18,19). The van der Waals surface area contributed by atoms with Crippen LogP contribution in [0.2, 0.25) is 0 Å². The van der Waals surface area contributed by atoms with E-state index in [1.165, 1.54) is 18.7 Å². The number of aliphatic carboxylic acids is 1. The summed E-state index contributed by atoms with van der Waals surface area (Å²) in [6, 6.07) is 5.67. The van der Waals surface area contributed by atoms with Crippen LogP contribution in [-0.4, -0.2) is 38.9 Å². The molecule has 0 amide bonds. The maximum atomic E-state index is 10.9. The number of benzene rings is 1. The summed E-state index contributed by atoms with van der Waals surface area (Å²) in [6.45, 7) is 4.07. The summed E-state index contributed by atoms with van der Waals surface area (Å²) in [4.78, 5) is 18.6. The average molecular weight is 309 g/mol. The number of nitrogens with two attached hydrogens (primary N) is 1. The Labute approximate surface area is 127 Å². The first-order chi connectivity index (χ1) is 9.92. The fourth-order valence-electron chi connectivity index (χ4n) is 1.76. The van der Waals surface area contributed by atoms with Gasteiger partial charge in [0.1, 0.15) is 11.3 Å². The first-order valence-corrected chi connectivity index (χ1v) is 7.68. The van der Waals surface area contributed by atoms with Crippen molar-refractivity contribution < 1.29 is 14.6 Å². The van der Waals surface area contributed by atoms with Crippen molar-refractivity contribution in [2.24, 2.45) is 5.73 Å². The summed E-state index contributed by atoms with van der Waals surface area (Å²) in [6.07, 6.45) is 0.369. The quantitative estimate of drug-likeness (QED) is 0.678. The van der Waals surface area contributed by atoms with E-state index in [0.717, 1.165) is 21.9 Å². The Balaban J connectivity index is 2.01. The predicted octanol–water partition coefficient (Wildman–Crippen LogP) is 2.25. The highest BCUT2D eigenvalue weighted by molar-refractivity contribution is 7.99. The van der Waals surface area contributed by atoms with Crippen LogP contribution in [0.1, 0.15) is 20.3 Å². The molecule has 114 valence electrons. The molecule has 0 aliphatic heterocycles. The number of carboxylic acid groups (broad SMARTS) is 1. The molecule has 0 spiro atoms. The number of ether oxygens (including phenoxy) is 1. The first kappa shape index (κ1) is 15.7. The lowest BCUT2D eigenvalue weighted by Gasteiger charge is -2.17. The van der Waals surface area contributed by atoms with Gasteiger partial charge >= 0.3 is 5.97 Å². The number of thioether (sulfide) groups is 1. The van der Waals surface area contributed by atoms with Crippen molar-refractivity contribution in [3.8, 4) is 5.75 Å². The number of aromatic amines is 1. The zero-order valence-electron chi connectivity index (χ0n) is 12.0. The van der Waals surface area contributed by atoms with Crippen LogP contribution in [0.3, 0.4) is 0 Å². The molecule has 0 fully saturated rings. The molecule has 0 saturated heterocycles. The van der Waals surface area contributed by atoms with Gasteiger partial charge in [-0.05, 0) is 32.4 Å². The van der Waals surface area contributed by atoms with E-state index in [4.69, 9.17) is 15.6 Å². The number of H-pyrrole nitrogens is 1. The molecule has 0 saturated carbocycles. The normalized spacial score (nSPS) is 14.0. The van der Waals surface area contributed by atoms with Gasteiger partial charge in [-0.15, -0.1) is 0 Å². The monoisotopic (exact) mass is 309 g/mol. The Morgan fingerprint density at radius 3 is 3.00 bits per heavy atom. The molecule has 1 unspecified atom stereocenters. The minimum absolute atomic E-state index is 0.369. The van der Waals surface area contributed by atoms with Gasteiger partial charge in [0.15, 0.2) is 5.16 Å². The van der Waals surface area contributed by atoms with Crippen molar-refractivity contribution >= 4 is 28.8 Å². The molecule has 1 aromatic heterocycles. The molecule has 0 radical (unpaired) electrons. The summed E-state index contributed by atoms with van der Waals surface area (Å²) in [5.41, 5.74) is 6.24. The summed E-state index contributed by atoms with van der Waals surface area (Å²) in [5.74, 6) is 0.386. The van der Waals surface area contributed by atoms with Crippen molar-refractivity contribution in [1.82, 2.24) is 9.97 Å². The number of nitrogens with zero attached hydrogens (tertiary/aromatic N) is 1. The van der Waals surface area contributed by atoms with Gasteiger partial charge < -0.3 is 20.6 Å². The van der Waals surface area contributed by atoms with Crippen LogP contribution in [0.5, 0.6) is 5.75 Å². The maximum absolute atomic E-state index is 10.9. The maximum Gasteiger partial charge on any atom is 0.323 e. The number of carbonyl (C=O) groups is 1. The van der Waals surface area contributed by atoms with Gasteiger partial charge in [0.2, 0.25) is 0 Å². The highest BCUT2D eigenvalue weighted by atomic mass is 32.2. The van der Waals surface area contributed by atoms with Gasteiger partial charge in [0.05, 0.1) is 17.6 Å². The van der Waals surface area contributed by atoms with Gasteiger partial charge in [0, 0.05) is 11.8 Å². The zero-order chi connectivity index (χ0) is 15.5. The van der Waals surface area contributed by atoms with Crippen molar-refractivity contribution in [1.29, 1.82) is 0 Å². The minimum Gasteiger partial charge on any atom is -0.494 e. The van der Waals surface area contributed by atoms with Crippen LogP contribution in [0.4, 0.5) is 0 Å². The SMILES string of the molecule is CCOc1ccc2nc(SCCC(C)(N)C(=O)O)[nH]c2c1. The molecule has 1 aromatic carbocycles. The van der Waals surface area contributed by atoms with Crippen LogP contribution in [0, 0.1) is 0 Å². The lowest BCUT2D eigenvalue weighted by Crippen LogP contribution is -2.45. The van der Waals surface area contributed by atoms with E-state index < -0.39 is 11.5 Å². The van der Waals surface area contributed by atoms with Crippen molar-refractivity contribution in [3.05, 3.63) is 18.2 Å². The van der Waals surface area contributed by atoms with E-state index in [1.807, 2.05) is 25.1 Å². The zero-order valence-corrected chi connectivity index (χ0v) is 12.9. The molecule has 4 N–H and O–H groups in total. The Kier molecular flexibility index (Phi) is 4.74. The van der Waals surface area contributed by atoms with E-state index in [2.05, 4.69) is 9.97 Å². The average Bonchev–Trinajstić information content (AvgIpc) is 2.80. The smallest absolute Gasteiger partial charge is 0.323 e. The number of imidazole rings is 1. The summed E-state index contributed by atoms with van der Waals surface area (Å²) in [7, 11) is 0. The van der Waals surface area contributed by atoms with Gasteiger partial charge in [-0.25, -0.2) is 4.98 Å². The highest BCUT2D eigenvalue weighted by Crippen LogP contribution is 2.24. The molecule has 21 heavy (non-hydrogen) atoms. The van der Waals surface area contributed by atoms with Crippen molar-refractivity contribution in [3.63, 3.8) is 0 Å². The summed E-state index contributed by atoms with van der Waals surface area (Å²) >= 11 is 1.46. The van der Waals surface area contributed by atoms with E-state index in [0.29, 0.717) is 18.8 Å². The second-order valence-electron chi connectivity index (χ2n) is 4.98. The fraction of sp³-hybridized carbons (Fsp3) is 0.429. The Morgan fingerprint density at radius 2 is 2.33 bits per heavy atom. The van der Waals surface area contributed by atoms with Crippen LogP contribution in [0.15, 0.2) is 23.4 Å². The molecular weight excluding hydrogens is 290 g/mol. The fourth-order valence-corrected chi connectivity index (χ4v) is 2.82. The number of hydrogen-bond acceptors (Lipinski definition) is 5. The van der Waals surface area contributed by atoms with E-state index in [9.17, 15) is 4.79 Å². The molecule has 1 heterocycles. The topological polar surface area (TPSA) is 101 Å². The molecular formula is C14H19N3O3S. The summed E-state index contributed by atoms with van der Waals surface area (Å²) < 4.78 is 5.44. The van der Waals surface area contributed by atoms with E-state index in [-0.39, 0.29) is 0 Å². The number of carboxylic acids is 1. The second-order valence-corrected chi connectivity index (χ2v) is 6.06. The van der Waals surface area contributed by atoms with Crippen LogP contribution >= 0.6 is 11.8 Å². The predicted molar refractivity (Wildman–Crippen MR) is 82.8 cm³/mol. The Morgan fingerprint density at radius 1 is 1.57 bits per heavy atom. The lowest BCUT2D eigenvalue weighted by atomic mass is 10.0. The summed E-state index contributed by atoms with van der Waals surface area (Å²) in [5, 5.41) is 9.71. The van der Waals surface area contributed by atoms with Crippen molar-refractivity contribution in [2.75, 3.05) is 12.4 Å². The van der Waals surface area contributed by atoms with Crippen LogP contribution in [0.25, 0.3) is 11.0 Å². The van der Waals surface area contributed by atoms with Gasteiger partial charge in [-0.1, -0.05) is 11.8 Å². The van der Waals surface area contributed by atoms with Crippen molar-refractivity contribution in [2.45, 2.75) is 31.0 Å². The third-order valence-electron chi connectivity index (χ3n) is 3.09.